The van der Waals surface area contributed by atoms with Gasteiger partial charge in [-0.1, -0.05) is 6.07 Å². The van der Waals surface area contributed by atoms with Crippen molar-refractivity contribution in [2.45, 2.75) is 25.7 Å². The summed E-state index contributed by atoms with van der Waals surface area (Å²) in [5.41, 5.74) is 2.21. The fourth-order valence-electron chi connectivity index (χ4n) is 3.79. The fraction of sp³-hybridized carbons (Fsp3) is 0.364. The molecule has 154 valence electrons. The molecule has 1 aliphatic carbocycles. The molecular weight excluding hydrogens is 374 g/mol. The SMILES string of the molecule is [2H]C([2H])([2H])C(=O)N[C@H]1CCc2c(cc(OC)c(OC)c2OC)-c2ccc(OC)c(=O)cc21. The summed E-state index contributed by atoms with van der Waals surface area (Å²) >= 11 is 0. The van der Waals surface area contributed by atoms with E-state index in [1.54, 1.807) is 18.2 Å². The van der Waals surface area contributed by atoms with E-state index in [1.807, 2.05) is 0 Å². The summed E-state index contributed by atoms with van der Waals surface area (Å²) in [6.45, 7) is -2.82. The van der Waals surface area contributed by atoms with E-state index in [0.29, 0.717) is 41.2 Å². The van der Waals surface area contributed by atoms with Crippen LogP contribution in [0.2, 0.25) is 0 Å². The molecule has 0 fully saturated rings. The topological polar surface area (TPSA) is 83.1 Å². The van der Waals surface area contributed by atoms with Gasteiger partial charge in [-0.25, -0.2) is 0 Å². The quantitative estimate of drug-likeness (QED) is 0.828. The van der Waals surface area contributed by atoms with Crippen LogP contribution in [0.3, 0.4) is 0 Å². The van der Waals surface area contributed by atoms with Gasteiger partial charge < -0.3 is 24.3 Å². The average Bonchev–Trinajstić information content (AvgIpc) is 3.00. The zero-order valence-corrected chi connectivity index (χ0v) is 16.8. The zero-order valence-electron chi connectivity index (χ0n) is 19.8. The Labute approximate surface area is 173 Å². The highest BCUT2D eigenvalue weighted by atomic mass is 16.5. The molecular formula is C22H25NO6. The number of fused-ring (bicyclic) bond motifs is 3. The lowest BCUT2D eigenvalue weighted by Crippen LogP contribution is -2.26. The number of nitrogens with one attached hydrogen (secondary N) is 1. The van der Waals surface area contributed by atoms with Crippen molar-refractivity contribution in [2.24, 2.45) is 0 Å². The molecule has 2 aromatic carbocycles. The maximum Gasteiger partial charge on any atom is 0.220 e. The van der Waals surface area contributed by atoms with E-state index in [0.717, 1.165) is 11.1 Å². The molecule has 0 saturated carbocycles. The Hall–Kier alpha value is -3.22. The Morgan fingerprint density at radius 2 is 1.72 bits per heavy atom. The van der Waals surface area contributed by atoms with Crippen molar-refractivity contribution < 1.29 is 27.9 Å². The third-order valence-electron chi connectivity index (χ3n) is 5.05. The second-order valence-electron chi connectivity index (χ2n) is 6.52. The minimum absolute atomic E-state index is 0.118. The molecule has 0 unspecified atom stereocenters. The Morgan fingerprint density at radius 3 is 2.34 bits per heavy atom. The van der Waals surface area contributed by atoms with Crippen LogP contribution in [0.25, 0.3) is 11.1 Å². The van der Waals surface area contributed by atoms with E-state index >= 15 is 0 Å². The lowest BCUT2D eigenvalue weighted by Gasteiger charge is -2.18. The molecule has 0 aromatic heterocycles. The largest absolute Gasteiger partial charge is 0.493 e. The molecule has 1 N–H and O–H groups in total. The molecule has 0 radical (unpaired) electrons. The first-order valence-corrected chi connectivity index (χ1v) is 9.01. The van der Waals surface area contributed by atoms with Crippen molar-refractivity contribution in [3.8, 4) is 34.1 Å². The van der Waals surface area contributed by atoms with Crippen LogP contribution in [0.1, 0.15) is 34.6 Å². The van der Waals surface area contributed by atoms with E-state index in [1.165, 1.54) is 34.5 Å². The monoisotopic (exact) mass is 402 g/mol. The van der Waals surface area contributed by atoms with Gasteiger partial charge >= 0.3 is 0 Å². The van der Waals surface area contributed by atoms with Gasteiger partial charge in [-0.3, -0.25) is 9.59 Å². The Balaban J connectivity index is 2.33. The van der Waals surface area contributed by atoms with Gasteiger partial charge in [0.25, 0.3) is 0 Å². The van der Waals surface area contributed by atoms with Crippen LogP contribution in [0.4, 0.5) is 0 Å². The van der Waals surface area contributed by atoms with Gasteiger partial charge in [0.05, 0.1) is 34.5 Å². The van der Waals surface area contributed by atoms with Crippen LogP contribution >= 0.6 is 0 Å². The van der Waals surface area contributed by atoms with Crippen LogP contribution in [0.15, 0.2) is 29.1 Å². The van der Waals surface area contributed by atoms with Gasteiger partial charge in [-0.15, -0.1) is 0 Å². The normalized spacial score (nSPS) is 16.7. The first kappa shape index (κ1) is 16.7. The first-order valence-electron chi connectivity index (χ1n) is 10.5. The summed E-state index contributed by atoms with van der Waals surface area (Å²) in [6, 6.07) is 5.68. The second-order valence-corrected chi connectivity index (χ2v) is 6.52. The van der Waals surface area contributed by atoms with E-state index in [9.17, 15) is 9.59 Å². The molecule has 0 aliphatic heterocycles. The molecule has 3 rings (SSSR count). The lowest BCUT2D eigenvalue weighted by molar-refractivity contribution is -0.119. The number of ether oxygens (including phenoxy) is 4. The summed E-state index contributed by atoms with van der Waals surface area (Å²) < 4.78 is 44.1. The smallest absolute Gasteiger partial charge is 0.220 e. The molecule has 0 saturated heterocycles. The van der Waals surface area contributed by atoms with Gasteiger partial charge in [0, 0.05) is 16.5 Å². The number of benzene rings is 1. The summed E-state index contributed by atoms with van der Waals surface area (Å²) in [7, 11) is 5.91. The number of methoxy groups -OCH3 is 4. The van der Waals surface area contributed by atoms with E-state index in [2.05, 4.69) is 5.32 Å². The van der Waals surface area contributed by atoms with Gasteiger partial charge in [0.2, 0.25) is 17.1 Å². The Morgan fingerprint density at radius 1 is 1.00 bits per heavy atom. The Kier molecular flexibility index (Phi) is 4.85. The molecule has 1 aliphatic rings. The number of rotatable bonds is 5. The van der Waals surface area contributed by atoms with Crippen molar-refractivity contribution in [3.63, 3.8) is 0 Å². The van der Waals surface area contributed by atoms with Crippen LogP contribution in [-0.4, -0.2) is 34.3 Å². The third kappa shape index (κ3) is 3.72. The predicted octanol–water partition coefficient (Wildman–Crippen LogP) is 2.87. The molecule has 1 amide bonds. The van der Waals surface area contributed by atoms with Crippen LogP contribution in [0, 0.1) is 0 Å². The van der Waals surface area contributed by atoms with Gasteiger partial charge in [-0.2, -0.15) is 0 Å². The molecule has 7 heteroatoms. The van der Waals surface area contributed by atoms with Crippen molar-refractivity contribution in [3.05, 3.63) is 45.6 Å². The van der Waals surface area contributed by atoms with Crippen LogP contribution < -0.4 is 29.7 Å². The molecule has 1 atom stereocenters. The maximum atomic E-state index is 12.7. The standard InChI is InChI=1S/C22H25NO6/c1-12(24)23-17-8-6-14-15(11-20(27-3)22(29-5)21(14)28-4)13-7-9-19(26-2)18(25)10-16(13)17/h7,9-11,17H,6,8H2,1-5H3,(H,23,24)/t17-/m0/s1/i1D3. The Bertz CT molecular complexity index is 1100. The minimum atomic E-state index is -2.82. The van der Waals surface area contributed by atoms with Crippen molar-refractivity contribution >= 4 is 5.91 Å². The molecule has 0 heterocycles. The van der Waals surface area contributed by atoms with Crippen LogP contribution in [0.5, 0.6) is 23.0 Å². The molecule has 0 bridgehead atoms. The predicted molar refractivity (Wildman–Crippen MR) is 109 cm³/mol. The number of hydrogen-bond acceptors (Lipinski definition) is 6. The summed E-state index contributed by atoms with van der Waals surface area (Å²) in [5, 5.41) is 2.58. The van der Waals surface area contributed by atoms with E-state index < -0.39 is 24.2 Å². The second kappa shape index (κ2) is 8.43. The maximum absolute atomic E-state index is 12.7. The highest BCUT2D eigenvalue weighted by molar-refractivity contribution is 5.80. The van der Waals surface area contributed by atoms with Gasteiger partial charge in [-0.05, 0) is 47.7 Å². The highest BCUT2D eigenvalue weighted by Gasteiger charge is 2.28. The van der Waals surface area contributed by atoms with Crippen LogP contribution in [-0.2, 0) is 11.2 Å². The van der Waals surface area contributed by atoms with Crippen molar-refractivity contribution in [1.29, 1.82) is 0 Å². The molecule has 7 nitrogen and oxygen atoms in total. The molecule has 0 spiro atoms. The molecule has 29 heavy (non-hydrogen) atoms. The fourth-order valence-corrected chi connectivity index (χ4v) is 3.79. The van der Waals surface area contributed by atoms with E-state index in [-0.39, 0.29) is 5.75 Å². The van der Waals surface area contributed by atoms with E-state index in [4.69, 9.17) is 23.1 Å². The van der Waals surface area contributed by atoms with Crippen molar-refractivity contribution in [1.82, 2.24) is 5.32 Å². The number of amides is 1. The molecule has 2 aromatic rings. The summed E-state index contributed by atoms with van der Waals surface area (Å²) in [4.78, 5) is 25.0. The average molecular weight is 402 g/mol. The van der Waals surface area contributed by atoms with Gasteiger partial charge in [0.15, 0.2) is 17.2 Å². The number of hydrogen-bond donors (Lipinski definition) is 1. The van der Waals surface area contributed by atoms with Gasteiger partial charge in [0.1, 0.15) is 0 Å². The zero-order chi connectivity index (χ0) is 23.6. The minimum Gasteiger partial charge on any atom is -0.493 e. The number of carbonyl (C=O) groups is 1. The lowest BCUT2D eigenvalue weighted by atomic mass is 9.96. The summed E-state index contributed by atoms with van der Waals surface area (Å²) in [6.07, 6.45) is 0.758. The third-order valence-corrected chi connectivity index (χ3v) is 5.05. The summed E-state index contributed by atoms with van der Waals surface area (Å²) in [5.74, 6) is 0.347. The highest BCUT2D eigenvalue weighted by Crippen LogP contribution is 2.48. The number of carbonyl (C=O) groups excluding carboxylic acids is 1. The van der Waals surface area contributed by atoms with Crippen molar-refractivity contribution in [2.75, 3.05) is 28.4 Å². The first-order chi connectivity index (χ1) is 15.2.